The molecule has 3 aromatic rings. The molecule has 0 saturated heterocycles. The molecular formula is C20H24N2O3S. The van der Waals surface area contributed by atoms with Crippen molar-refractivity contribution in [2.75, 3.05) is 13.2 Å². The van der Waals surface area contributed by atoms with Gasteiger partial charge in [-0.15, -0.1) is 0 Å². The van der Waals surface area contributed by atoms with Gasteiger partial charge < -0.3 is 9.72 Å². The van der Waals surface area contributed by atoms with Crippen molar-refractivity contribution in [1.82, 2.24) is 9.71 Å². The van der Waals surface area contributed by atoms with Gasteiger partial charge in [-0.2, -0.15) is 0 Å². The quantitative estimate of drug-likeness (QED) is 0.664. The first-order valence-corrected chi connectivity index (χ1v) is 10.2. The minimum absolute atomic E-state index is 0.243. The Hall–Kier alpha value is -2.31. The number of sulfonamides is 1. The lowest BCUT2D eigenvalue weighted by Crippen LogP contribution is -2.26. The summed E-state index contributed by atoms with van der Waals surface area (Å²) >= 11 is 0. The fourth-order valence-corrected chi connectivity index (χ4v) is 4.13. The van der Waals surface area contributed by atoms with E-state index < -0.39 is 10.0 Å². The molecule has 138 valence electrons. The molecule has 0 aliphatic heterocycles. The molecule has 1 aromatic heterocycles. The predicted octanol–water partition coefficient (Wildman–Crippen LogP) is 3.70. The van der Waals surface area contributed by atoms with Gasteiger partial charge in [0.05, 0.1) is 11.5 Å². The summed E-state index contributed by atoms with van der Waals surface area (Å²) < 4.78 is 33.0. The van der Waals surface area contributed by atoms with Crippen molar-refractivity contribution in [3.63, 3.8) is 0 Å². The van der Waals surface area contributed by atoms with Gasteiger partial charge >= 0.3 is 0 Å². The fraction of sp³-hybridized carbons (Fsp3) is 0.300. The summed E-state index contributed by atoms with van der Waals surface area (Å²) in [6.07, 6.45) is 0.631. The highest BCUT2D eigenvalue weighted by atomic mass is 32.2. The van der Waals surface area contributed by atoms with E-state index in [-0.39, 0.29) is 4.90 Å². The van der Waals surface area contributed by atoms with E-state index in [9.17, 15) is 8.42 Å². The molecule has 0 bridgehead atoms. The Morgan fingerprint density at radius 1 is 1.08 bits per heavy atom. The van der Waals surface area contributed by atoms with Gasteiger partial charge in [-0.05, 0) is 69.2 Å². The second kappa shape index (κ2) is 7.51. The van der Waals surface area contributed by atoms with Crippen LogP contribution in [0.2, 0.25) is 0 Å². The molecule has 0 fully saturated rings. The average molecular weight is 372 g/mol. The van der Waals surface area contributed by atoms with Crippen molar-refractivity contribution in [1.29, 1.82) is 0 Å². The number of aromatic nitrogens is 1. The van der Waals surface area contributed by atoms with E-state index in [0.717, 1.165) is 22.2 Å². The number of nitrogens with one attached hydrogen (secondary N) is 2. The molecule has 3 rings (SSSR count). The van der Waals surface area contributed by atoms with E-state index in [0.29, 0.717) is 25.3 Å². The van der Waals surface area contributed by atoms with Gasteiger partial charge in [0, 0.05) is 23.1 Å². The molecule has 0 unspecified atom stereocenters. The zero-order valence-electron chi connectivity index (χ0n) is 15.3. The second-order valence-electron chi connectivity index (χ2n) is 6.33. The molecule has 0 aliphatic carbocycles. The number of ether oxygens (including phenoxy) is 1. The van der Waals surface area contributed by atoms with Crippen LogP contribution in [0.5, 0.6) is 5.75 Å². The summed E-state index contributed by atoms with van der Waals surface area (Å²) in [6, 6.07) is 12.7. The Morgan fingerprint density at radius 2 is 1.81 bits per heavy atom. The lowest BCUT2D eigenvalue weighted by Gasteiger charge is -2.08. The maximum atomic E-state index is 12.5. The molecule has 0 atom stereocenters. The number of benzene rings is 2. The van der Waals surface area contributed by atoms with Crippen molar-refractivity contribution in [2.45, 2.75) is 32.1 Å². The summed E-state index contributed by atoms with van der Waals surface area (Å²) in [4.78, 5) is 3.60. The highest BCUT2D eigenvalue weighted by Crippen LogP contribution is 2.24. The molecule has 6 heteroatoms. The van der Waals surface area contributed by atoms with Crippen LogP contribution in [0.4, 0.5) is 0 Å². The molecule has 2 N–H and O–H groups in total. The Bertz CT molecular complexity index is 1010. The minimum Gasteiger partial charge on any atom is -0.494 e. The first kappa shape index (κ1) is 18.5. The van der Waals surface area contributed by atoms with Gasteiger partial charge in [0.15, 0.2) is 0 Å². The van der Waals surface area contributed by atoms with Crippen LogP contribution in [-0.2, 0) is 16.4 Å². The van der Waals surface area contributed by atoms with Crippen LogP contribution in [-0.4, -0.2) is 26.6 Å². The van der Waals surface area contributed by atoms with Crippen LogP contribution in [0.3, 0.4) is 0 Å². The molecule has 1 heterocycles. The molecule has 26 heavy (non-hydrogen) atoms. The number of hydrogen-bond acceptors (Lipinski definition) is 3. The van der Waals surface area contributed by atoms with Gasteiger partial charge in [-0.1, -0.05) is 11.6 Å². The summed E-state index contributed by atoms with van der Waals surface area (Å²) in [7, 11) is -3.54. The topological polar surface area (TPSA) is 71.2 Å². The van der Waals surface area contributed by atoms with E-state index in [1.807, 2.05) is 13.8 Å². The third-order valence-electron chi connectivity index (χ3n) is 4.39. The smallest absolute Gasteiger partial charge is 0.240 e. The molecule has 5 nitrogen and oxygen atoms in total. The fourth-order valence-electron chi connectivity index (χ4n) is 3.09. The molecule has 0 amide bonds. The number of H-pyrrole nitrogens is 1. The van der Waals surface area contributed by atoms with Crippen LogP contribution < -0.4 is 9.46 Å². The predicted molar refractivity (Wildman–Crippen MR) is 104 cm³/mol. The van der Waals surface area contributed by atoms with Crippen molar-refractivity contribution >= 4 is 20.9 Å². The Balaban J connectivity index is 1.71. The van der Waals surface area contributed by atoms with Gasteiger partial charge in [-0.25, -0.2) is 13.1 Å². The third kappa shape index (κ3) is 3.92. The first-order valence-electron chi connectivity index (χ1n) is 8.71. The Morgan fingerprint density at radius 3 is 2.50 bits per heavy atom. The van der Waals surface area contributed by atoms with Gasteiger partial charge in [0.25, 0.3) is 0 Å². The van der Waals surface area contributed by atoms with Crippen molar-refractivity contribution < 1.29 is 13.2 Å². The van der Waals surface area contributed by atoms with Gasteiger partial charge in [0.1, 0.15) is 5.75 Å². The van der Waals surface area contributed by atoms with Crippen molar-refractivity contribution in [3.05, 3.63) is 59.3 Å². The van der Waals surface area contributed by atoms with Gasteiger partial charge in [-0.3, -0.25) is 0 Å². The second-order valence-corrected chi connectivity index (χ2v) is 8.10. The van der Waals surface area contributed by atoms with Crippen LogP contribution in [0.1, 0.15) is 23.7 Å². The van der Waals surface area contributed by atoms with E-state index in [1.54, 1.807) is 24.3 Å². The van der Waals surface area contributed by atoms with Crippen molar-refractivity contribution in [3.8, 4) is 5.75 Å². The third-order valence-corrected chi connectivity index (χ3v) is 5.86. The number of fused-ring (bicyclic) bond motifs is 1. The minimum atomic E-state index is -3.54. The maximum absolute atomic E-state index is 12.5. The van der Waals surface area contributed by atoms with E-state index >= 15 is 0 Å². The normalized spacial score (nSPS) is 11.8. The van der Waals surface area contributed by atoms with Crippen LogP contribution in [0, 0.1) is 13.8 Å². The SMILES string of the molecule is CCOc1ccc(S(=O)(=O)NCCc2c(C)[nH]c3ccc(C)cc23)cc1. The molecule has 2 aromatic carbocycles. The molecule has 0 spiro atoms. The number of aryl methyl sites for hydroxylation is 2. The number of rotatable bonds is 7. The Labute approximate surface area is 154 Å². The van der Waals surface area contributed by atoms with Crippen molar-refractivity contribution in [2.24, 2.45) is 0 Å². The lowest BCUT2D eigenvalue weighted by molar-refractivity contribution is 0.340. The zero-order chi connectivity index (χ0) is 18.7. The van der Waals surface area contributed by atoms with Crippen LogP contribution >= 0.6 is 0 Å². The molecule has 0 aliphatic rings. The number of aromatic amines is 1. The van der Waals surface area contributed by atoms with Crippen LogP contribution in [0.15, 0.2) is 47.4 Å². The van der Waals surface area contributed by atoms with E-state index in [4.69, 9.17) is 4.74 Å². The summed E-state index contributed by atoms with van der Waals surface area (Å²) in [6.45, 7) is 6.86. The summed E-state index contributed by atoms with van der Waals surface area (Å²) in [5.41, 5.74) is 4.49. The summed E-state index contributed by atoms with van der Waals surface area (Å²) in [5, 5.41) is 1.16. The first-order chi connectivity index (χ1) is 12.4. The number of hydrogen-bond donors (Lipinski definition) is 2. The Kier molecular flexibility index (Phi) is 5.34. The summed E-state index contributed by atoms with van der Waals surface area (Å²) in [5.74, 6) is 0.663. The molecular weight excluding hydrogens is 348 g/mol. The van der Waals surface area contributed by atoms with Gasteiger partial charge in [0.2, 0.25) is 10.0 Å². The zero-order valence-corrected chi connectivity index (χ0v) is 16.1. The largest absolute Gasteiger partial charge is 0.494 e. The van der Waals surface area contributed by atoms with E-state index in [2.05, 4.69) is 34.8 Å². The average Bonchev–Trinajstić information content (AvgIpc) is 2.91. The monoisotopic (exact) mass is 372 g/mol. The maximum Gasteiger partial charge on any atom is 0.240 e. The molecule has 0 saturated carbocycles. The standard InChI is InChI=1S/C20H24N2O3S/c1-4-25-16-6-8-17(9-7-16)26(23,24)21-12-11-18-15(3)22-20-10-5-14(2)13-19(18)20/h5-10,13,21-22H,4,11-12H2,1-3H3. The van der Waals surface area contributed by atoms with E-state index in [1.165, 1.54) is 5.56 Å². The lowest BCUT2D eigenvalue weighted by atomic mass is 10.1. The van der Waals surface area contributed by atoms with Crippen LogP contribution in [0.25, 0.3) is 10.9 Å². The highest BCUT2D eigenvalue weighted by molar-refractivity contribution is 7.89. The highest BCUT2D eigenvalue weighted by Gasteiger charge is 2.15. The molecule has 0 radical (unpaired) electrons.